The van der Waals surface area contributed by atoms with Gasteiger partial charge in [0.25, 0.3) is 5.56 Å². The molecule has 2 aromatic carbocycles. The molecular formula is C24H20N2O3. The highest BCUT2D eigenvalue weighted by Crippen LogP contribution is 2.39. The van der Waals surface area contributed by atoms with Gasteiger partial charge in [0.05, 0.1) is 14.2 Å². The number of hydrogen-bond acceptors (Lipinski definition) is 4. The molecule has 1 aliphatic rings. The van der Waals surface area contributed by atoms with Crippen LogP contribution in [0.5, 0.6) is 11.5 Å². The molecule has 0 spiro atoms. The number of allylic oxidation sites excluding steroid dienone is 1. The monoisotopic (exact) mass is 384 g/mol. The average Bonchev–Trinajstić information content (AvgIpc) is 3.15. The van der Waals surface area contributed by atoms with E-state index in [1.165, 1.54) is 0 Å². The van der Waals surface area contributed by atoms with Crippen molar-refractivity contribution >= 4 is 11.6 Å². The highest BCUT2D eigenvalue weighted by Gasteiger charge is 2.25. The Hall–Kier alpha value is -3.78. The zero-order chi connectivity index (χ0) is 20.4. The number of rotatable bonds is 4. The number of nitriles is 1. The van der Waals surface area contributed by atoms with Crippen molar-refractivity contribution in [3.8, 4) is 28.7 Å². The number of aromatic amines is 1. The lowest BCUT2D eigenvalue weighted by Gasteiger charge is -2.11. The molecule has 0 amide bonds. The minimum Gasteiger partial charge on any atom is -0.497 e. The van der Waals surface area contributed by atoms with E-state index in [0.29, 0.717) is 5.56 Å². The van der Waals surface area contributed by atoms with Gasteiger partial charge >= 0.3 is 0 Å². The molecule has 0 aliphatic heterocycles. The number of fused-ring (bicyclic) bond motifs is 1. The quantitative estimate of drug-likeness (QED) is 0.723. The first-order chi connectivity index (χ1) is 14.1. The maximum atomic E-state index is 12.7. The van der Waals surface area contributed by atoms with Crippen LogP contribution in [0.2, 0.25) is 0 Å². The molecule has 3 aromatic rings. The molecule has 0 radical (unpaired) electrons. The van der Waals surface area contributed by atoms with Gasteiger partial charge in [-0.05, 0) is 65.4 Å². The summed E-state index contributed by atoms with van der Waals surface area (Å²) >= 11 is 0. The fraction of sp³-hybridized carbons (Fsp3) is 0.167. The van der Waals surface area contributed by atoms with Crippen LogP contribution >= 0.6 is 0 Å². The zero-order valence-corrected chi connectivity index (χ0v) is 16.3. The van der Waals surface area contributed by atoms with E-state index in [1.54, 1.807) is 14.2 Å². The van der Waals surface area contributed by atoms with Crippen LogP contribution in [0.4, 0.5) is 0 Å². The lowest BCUT2D eigenvalue weighted by Crippen LogP contribution is -2.15. The highest BCUT2D eigenvalue weighted by molar-refractivity contribution is 5.88. The van der Waals surface area contributed by atoms with Crippen LogP contribution in [0, 0.1) is 11.3 Å². The summed E-state index contributed by atoms with van der Waals surface area (Å²) in [5, 5.41) is 9.62. The molecule has 1 aromatic heterocycles. The van der Waals surface area contributed by atoms with Gasteiger partial charge in [0.15, 0.2) is 0 Å². The van der Waals surface area contributed by atoms with Gasteiger partial charge in [-0.15, -0.1) is 0 Å². The average molecular weight is 384 g/mol. The van der Waals surface area contributed by atoms with Crippen LogP contribution in [-0.4, -0.2) is 19.2 Å². The maximum absolute atomic E-state index is 12.7. The molecule has 0 bridgehead atoms. The number of nitrogens with one attached hydrogen (secondary N) is 1. The molecule has 1 N–H and O–H groups in total. The number of H-pyrrole nitrogens is 1. The summed E-state index contributed by atoms with van der Waals surface area (Å²) in [6.45, 7) is 0. The van der Waals surface area contributed by atoms with E-state index in [9.17, 15) is 10.1 Å². The smallest absolute Gasteiger partial charge is 0.266 e. The van der Waals surface area contributed by atoms with Crippen LogP contribution in [0.3, 0.4) is 0 Å². The lowest BCUT2D eigenvalue weighted by atomic mass is 9.95. The molecule has 0 saturated heterocycles. The Balaban J connectivity index is 1.84. The van der Waals surface area contributed by atoms with E-state index in [-0.39, 0.29) is 11.1 Å². The Morgan fingerprint density at radius 3 is 2.17 bits per heavy atom. The van der Waals surface area contributed by atoms with Gasteiger partial charge < -0.3 is 14.5 Å². The third kappa shape index (κ3) is 3.41. The predicted octanol–water partition coefficient (Wildman–Crippen LogP) is 4.42. The van der Waals surface area contributed by atoms with Gasteiger partial charge in [0.1, 0.15) is 23.1 Å². The fourth-order valence-corrected chi connectivity index (χ4v) is 3.78. The van der Waals surface area contributed by atoms with Crippen molar-refractivity contribution in [1.29, 1.82) is 5.26 Å². The van der Waals surface area contributed by atoms with E-state index in [4.69, 9.17) is 9.47 Å². The standard InChI is InChI=1S/C24H20N2O3/c1-28-18-8-3-15(4-9-18)13-17-7-12-20-22(16-5-10-19(29-2)11-6-16)21(14-25)24(27)26-23(17)20/h3-6,8-11,13H,7,12H2,1-2H3,(H,26,27)/b17-13+. The van der Waals surface area contributed by atoms with Crippen molar-refractivity contribution in [3.63, 3.8) is 0 Å². The van der Waals surface area contributed by atoms with Gasteiger partial charge in [-0.1, -0.05) is 24.3 Å². The second kappa shape index (κ2) is 7.69. The molecule has 29 heavy (non-hydrogen) atoms. The van der Waals surface area contributed by atoms with Crippen molar-refractivity contribution in [2.45, 2.75) is 12.8 Å². The van der Waals surface area contributed by atoms with Crippen LogP contribution in [-0.2, 0) is 6.42 Å². The topological polar surface area (TPSA) is 75.1 Å². The second-order valence-corrected chi connectivity index (χ2v) is 6.84. The van der Waals surface area contributed by atoms with Gasteiger partial charge in [-0.2, -0.15) is 5.26 Å². The molecule has 0 atom stereocenters. The first-order valence-corrected chi connectivity index (χ1v) is 9.33. The number of hydrogen-bond donors (Lipinski definition) is 1. The molecule has 1 heterocycles. The van der Waals surface area contributed by atoms with Crippen molar-refractivity contribution in [2.75, 3.05) is 14.2 Å². The fourth-order valence-electron chi connectivity index (χ4n) is 3.78. The Kier molecular flexibility index (Phi) is 4.92. The molecule has 5 heteroatoms. The van der Waals surface area contributed by atoms with E-state index in [0.717, 1.165) is 52.3 Å². The summed E-state index contributed by atoms with van der Waals surface area (Å²) in [5.74, 6) is 1.53. The Bertz CT molecular complexity index is 1180. The number of methoxy groups -OCH3 is 2. The molecule has 0 fully saturated rings. The third-order valence-corrected chi connectivity index (χ3v) is 5.23. The van der Waals surface area contributed by atoms with Crippen LogP contribution in [0.15, 0.2) is 53.3 Å². The molecule has 0 unspecified atom stereocenters. The number of benzene rings is 2. The summed E-state index contributed by atoms with van der Waals surface area (Å²) in [4.78, 5) is 15.6. The molecular weight excluding hydrogens is 364 g/mol. The largest absolute Gasteiger partial charge is 0.497 e. The summed E-state index contributed by atoms with van der Waals surface area (Å²) in [7, 11) is 3.25. The second-order valence-electron chi connectivity index (χ2n) is 6.84. The summed E-state index contributed by atoms with van der Waals surface area (Å²) in [5.41, 5.74) is 5.26. The van der Waals surface area contributed by atoms with Crippen molar-refractivity contribution in [3.05, 3.63) is 81.3 Å². The summed E-state index contributed by atoms with van der Waals surface area (Å²) < 4.78 is 10.4. The van der Waals surface area contributed by atoms with Crippen LogP contribution in [0.1, 0.15) is 28.8 Å². The first kappa shape index (κ1) is 18.6. The van der Waals surface area contributed by atoms with Crippen molar-refractivity contribution in [2.24, 2.45) is 0 Å². The zero-order valence-electron chi connectivity index (χ0n) is 16.3. The number of ether oxygens (including phenoxy) is 2. The predicted molar refractivity (Wildman–Crippen MR) is 113 cm³/mol. The number of pyridine rings is 1. The minimum absolute atomic E-state index is 0.152. The molecule has 0 saturated carbocycles. The SMILES string of the molecule is COc1ccc(/C=C2\CCc3c2[nH]c(=O)c(C#N)c3-c2ccc(OC)cc2)cc1. The Labute approximate surface area is 168 Å². The number of aromatic nitrogens is 1. The molecule has 5 nitrogen and oxygen atoms in total. The van der Waals surface area contributed by atoms with Gasteiger partial charge in [-0.3, -0.25) is 4.79 Å². The highest BCUT2D eigenvalue weighted by atomic mass is 16.5. The summed E-state index contributed by atoms with van der Waals surface area (Å²) in [6.07, 6.45) is 3.64. The van der Waals surface area contributed by atoms with E-state index < -0.39 is 0 Å². The minimum atomic E-state index is -0.361. The Morgan fingerprint density at radius 2 is 1.59 bits per heavy atom. The van der Waals surface area contributed by atoms with Gasteiger partial charge in [0, 0.05) is 11.3 Å². The van der Waals surface area contributed by atoms with Crippen LogP contribution < -0.4 is 15.0 Å². The van der Waals surface area contributed by atoms with Gasteiger partial charge in [0.2, 0.25) is 0 Å². The van der Waals surface area contributed by atoms with E-state index in [2.05, 4.69) is 17.1 Å². The number of nitrogens with zero attached hydrogens (tertiary/aromatic N) is 1. The normalized spacial score (nSPS) is 13.8. The molecule has 1 aliphatic carbocycles. The molecule has 4 rings (SSSR count). The first-order valence-electron chi connectivity index (χ1n) is 9.33. The summed E-state index contributed by atoms with van der Waals surface area (Å²) in [6, 6.07) is 17.3. The molecule has 144 valence electrons. The van der Waals surface area contributed by atoms with Gasteiger partial charge in [-0.25, -0.2) is 0 Å². The van der Waals surface area contributed by atoms with E-state index >= 15 is 0 Å². The Morgan fingerprint density at radius 1 is 0.966 bits per heavy atom. The van der Waals surface area contributed by atoms with Crippen molar-refractivity contribution in [1.82, 2.24) is 4.98 Å². The lowest BCUT2D eigenvalue weighted by molar-refractivity contribution is 0.414. The third-order valence-electron chi connectivity index (χ3n) is 5.23. The van der Waals surface area contributed by atoms with Crippen molar-refractivity contribution < 1.29 is 9.47 Å². The van der Waals surface area contributed by atoms with E-state index in [1.807, 2.05) is 48.5 Å². The van der Waals surface area contributed by atoms with Crippen LogP contribution in [0.25, 0.3) is 22.8 Å². The maximum Gasteiger partial charge on any atom is 0.266 e.